The number of aliphatic hydroxyl groups is 1. The number of aryl methyl sites for hydroxylation is 2. The van der Waals surface area contributed by atoms with Gasteiger partial charge in [-0.25, -0.2) is 0 Å². The van der Waals surface area contributed by atoms with Gasteiger partial charge in [-0.15, -0.1) is 13.2 Å². The van der Waals surface area contributed by atoms with E-state index in [1.54, 1.807) is 34.1 Å². The minimum Gasteiger partial charge on any atom is -0.494 e. The highest BCUT2D eigenvalue weighted by Crippen LogP contribution is 2.61. The van der Waals surface area contributed by atoms with Crippen LogP contribution in [0.5, 0.6) is 5.75 Å². The van der Waals surface area contributed by atoms with Crippen LogP contribution in [-0.4, -0.2) is 76.6 Å². The molecule has 3 unspecified atom stereocenters. The average molecular weight is 743 g/mol. The van der Waals surface area contributed by atoms with Crippen LogP contribution >= 0.6 is 15.9 Å². The second kappa shape index (κ2) is 14.5. The van der Waals surface area contributed by atoms with Crippen LogP contribution in [0.4, 0.5) is 11.4 Å². The van der Waals surface area contributed by atoms with Crippen molar-refractivity contribution in [2.24, 2.45) is 11.8 Å². The molecule has 1 spiro atoms. The van der Waals surface area contributed by atoms with E-state index in [2.05, 4.69) is 29.1 Å². The third-order valence-electron chi connectivity index (χ3n) is 10.2. The number of benzene rings is 3. The smallest absolute Gasteiger partial charge is 0.253 e. The Morgan fingerprint density at radius 2 is 1.72 bits per heavy atom. The zero-order chi connectivity index (χ0) is 35.7. The maximum atomic E-state index is 15.2. The van der Waals surface area contributed by atoms with Gasteiger partial charge in [-0.2, -0.15) is 0 Å². The molecule has 2 bridgehead atoms. The van der Waals surface area contributed by atoms with Gasteiger partial charge in [-0.3, -0.25) is 14.4 Å². The topological polar surface area (TPSA) is 99.6 Å². The van der Waals surface area contributed by atoms with Gasteiger partial charge in [0.15, 0.2) is 0 Å². The molecule has 0 radical (unpaired) electrons. The second-order valence-electron chi connectivity index (χ2n) is 13.2. The number of ether oxygens (including phenoxy) is 2. The molecule has 50 heavy (non-hydrogen) atoms. The Labute approximate surface area is 302 Å². The third kappa shape index (κ3) is 5.97. The largest absolute Gasteiger partial charge is 0.494 e. The molecule has 3 fully saturated rings. The third-order valence-corrected chi connectivity index (χ3v) is 11.1. The molecule has 0 aliphatic carbocycles. The van der Waals surface area contributed by atoms with Crippen LogP contribution in [0.15, 0.2) is 98.1 Å². The van der Waals surface area contributed by atoms with Crippen LogP contribution in [0.25, 0.3) is 0 Å². The summed E-state index contributed by atoms with van der Waals surface area (Å²) in [5.74, 6) is -2.25. The van der Waals surface area contributed by atoms with Gasteiger partial charge in [-0.05, 0) is 74.2 Å². The van der Waals surface area contributed by atoms with Crippen molar-refractivity contribution in [3.8, 4) is 5.75 Å². The first-order valence-corrected chi connectivity index (χ1v) is 18.0. The number of carbonyl (C=O) groups is 3. The SMILES string of the molecule is C=CCN(C(=O)[C@H]1[C@@H]2OC3(CC2Br)C(C(=O)N(CC=C)c2cc(C)ccc2C)N([C@H](CO)c2ccccc2)C(=O)[C@H]13)c1ccc(OCC)cc1. The highest BCUT2D eigenvalue weighted by Gasteiger charge is 2.77. The predicted molar refractivity (Wildman–Crippen MR) is 197 cm³/mol. The lowest BCUT2D eigenvalue weighted by molar-refractivity contribution is -0.144. The van der Waals surface area contributed by atoms with Crippen molar-refractivity contribution >= 4 is 45.0 Å². The molecule has 1 N–H and O–H groups in total. The van der Waals surface area contributed by atoms with Gasteiger partial charge in [0.05, 0.1) is 37.2 Å². The predicted octanol–water partition coefficient (Wildman–Crippen LogP) is 5.92. The standard InChI is InChI=1S/C40H44BrN3O6/c1-6-20-42(28-16-18-29(19-17-28)49-8-3)37(46)33-34-38(47)44(32(24-45)27-12-10-9-11-13-27)36(40(34)23-30(41)35(33)50-40)39(48)43(21-7-2)31-22-25(4)14-15-26(31)5/h6-7,9-19,22,30,32-36,45H,1-2,8,20-21,23-24H2,3-5H3/t30?,32-,33-,34+,35-,36?,40?/m1/s1. The monoisotopic (exact) mass is 741 g/mol. The number of alkyl halides is 1. The van der Waals surface area contributed by atoms with E-state index in [9.17, 15) is 9.90 Å². The van der Waals surface area contributed by atoms with Gasteiger partial charge in [0, 0.05) is 29.3 Å². The molecule has 6 rings (SSSR count). The van der Waals surface area contributed by atoms with Crippen LogP contribution in [0, 0.1) is 25.7 Å². The van der Waals surface area contributed by atoms with E-state index < -0.39 is 48.1 Å². The van der Waals surface area contributed by atoms with E-state index in [-0.39, 0.29) is 29.7 Å². The Morgan fingerprint density at radius 1 is 1.04 bits per heavy atom. The van der Waals surface area contributed by atoms with Crippen molar-refractivity contribution in [1.29, 1.82) is 0 Å². The molecule has 9 nitrogen and oxygen atoms in total. The first kappa shape index (κ1) is 35.6. The Hall–Kier alpha value is -4.25. The second-order valence-corrected chi connectivity index (χ2v) is 14.4. The molecule has 10 heteroatoms. The summed E-state index contributed by atoms with van der Waals surface area (Å²) in [5.41, 5.74) is 2.52. The number of aliphatic hydroxyl groups excluding tert-OH is 1. The molecule has 3 aromatic carbocycles. The van der Waals surface area contributed by atoms with Crippen LogP contribution in [0.2, 0.25) is 0 Å². The molecule has 3 heterocycles. The molecule has 3 aromatic rings. The summed E-state index contributed by atoms with van der Waals surface area (Å²) in [5, 5.41) is 10.9. The molecule has 3 aliphatic heterocycles. The van der Waals surface area contributed by atoms with E-state index in [1.807, 2.05) is 81.4 Å². The van der Waals surface area contributed by atoms with Crippen LogP contribution < -0.4 is 14.5 Å². The Balaban J connectivity index is 1.49. The molecule has 0 aromatic heterocycles. The number of carbonyl (C=O) groups excluding carboxylic acids is 3. The Kier molecular flexibility index (Phi) is 10.3. The number of likely N-dealkylation sites (tertiary alicyclic amines) is 1. The Morgan fingerprint density at radius 3 is 2.36 bits per heavy atom. The molecule has 7 atom stereocenters. The maximum Gasteiger partial charge on any atom is 0.253 e. The number of amides is 3. The zero-order valence-corrected chi connectivity index (χ0v) is 30.3. The van der Waals surface area contributed by atoms with Crippen LogP contribution in [-0.2, 0) is 19.1 Å². The fourth-order valence-electron chi connectivity index (χ4n) is 8.11. The lowest BCUT2D eigenvalue weighted by Gasteiger charge is -2.40. The molecule has 3 saturated heterocycles. The van der Waals surface area contributed by atoms with Crippen molar-refractivity contribution in [3.05, 3.63) is 115 Å². The van der Waals surface area contributed by atoms with Crippen molar-refractivity contribution < 1.29 is 29.0 Å². The Bertz CT molecular complexity index is 1770. The summed E-state index contributed by atoms with van der Waals surface area (Å²) in [6.45, 7) is 14.1. The number of hydrogen-bond donors (Lipinski definition) is 1. The van der Waals surface area contributed by atoms with Crippen LogP contribution in [0.1, 0.15) is 36.1 Å². The number of nitrogens with zero attached hydrogens (tertiary/aromatic N) is 3. The zero-order valence-electron chi connectivity index (χ0n) is 28.7. The summed E-state index contributed by atoms with van der Waals surface area (Å²) in [6, 6.07) is 20.3. The van der Waals surface area contributed by atoms with Crippen LogP contribution in [0.3, 0.4) is 0 Å². The van der Waals surface area contributed by atoms with E-state index in [1.165, 1.54) is 4.90 Å². The fourth-order valence-corrected chi connectivity index (χ4v) is 9.05. The maximum absolute atomic E-state index is 15.2. The first-order chi connectivity index (χ1) is 24.1. The number of rotatable bonds is 13. The molecule has 262 valence electrons. The summed E-state index contributed by atoms with van der Waals surface area (Å²) < 4.78 is 12.5. The summed E-state index contributed by atoms with van der Waals surface area (Å²) in [6.07, 6.45) is 2.97. The highest BCUT2D eigenvalue weighted by molar-refractivity contribution is 9.09. The summed E-state index contributed by atoms with van der Waals surface area (Å²) in [7, 11) is 0. The van der Waals surface area contributed by atoms with E-state index in [0.717, 1.165) is 11.1 Å². The quantitative estimate of drug-likeness (QED) is 0.173. The minimum atomic E-state index is -1.34. The van der Waals surface area contributed by atoms with Gasteiger partial charge >= 0.3 is 0 Å². The lowest BCUT2D eigenvalue weighted by Crippen LogP contribution is -2.58. The van der Waals surface area contributed by atoms with Crippen molar-refractivity contribution in [3.63, 3.8) is 0 Å². The molecule has 0 saturated carbocycles. The van der Waals surface area contributed by atoms with E-state index in [0.29, 0.717) is 35.7 Å². The number of hydrogen-bond acceptors (Lipinski definition) is 6. The van der Waals surface area contributed by atoms with Crippen molar-refractivity contribution in [1.82, 2.24) is 4.90 Å². The van der Waals surface area contributed by atoms with Gasteiger partial charge in [0.1, 0.15) is 17.4 Å². The number of fused-ring (bicyclic) bond motifs is 1. The van der Waals surface area contributed by atoms with E-state index in [4.69, 9.17) is 9.47 Å². The average Bonchev–Trinajstić information content (AvgIpc) is 3.71. The molecule has 3 aliphatic rings. The number of anilines is 2. The molecular weight excluding hydrogens is 698 g/mol. The normalized spacial score (nSPS) is 25.6. The summed E-state index contributed by atoms with van der Waals surface area (Å²) in [4.78, 5) is 49.6. The van der Waals surface area contributed by atoms with Gasteiger partial charge in [0.2, 0.25) is 11.8 Å². The lowest BCUT2D eigenvalue weighted by atomic mass is 9.70. The van der Waals surface area contributed by atoms with Crippen molar-refractivity contribution in [2.45, 2.75) is 55.8 Å². The first-order valence-electron chi connectivity index (χ1n) is 17.1. The molecular formula is C40H44BrN3O6. The molecule has 3 amide bonds. The fraction of sp³-hybridized carbons (Fsp3) is 0.375. The minimum absolute atomic E-state index is 0.186. The van der Waals surface area contributed by atoms with E-state index >= 15 is 9.59 Å². The summed E-state index contributed by atoms with van der Waals surface area (Å²) >= 11 is 3.80. The number of halogens is 1. The van der Waals surface area contributed by atoms with Gasteiger partial charge < -0.3 is 29.3 Å². The highest BCUT2D eigenvalue weighted by atomic mass is 79.9. The van der Waals surface area contributed by atoms with Gasteiger partial charge in [0.25, 0.3) is 5.91 Å². The van der Waals surface area contributed by atoms with Crippen molar-refractivity contribution in [2.75, 3.05) is 36.1 Å². The van der Waals surface area contributed by atoms with Gasteiger partial charge in [-0.1, -0.05) is 70.5 Å².